The molecule has 0 saturated carbocycles. The maximum Gasteiger partial charge on any atom is 0.277 e. The maximum absolute atomic E-state index is 14.2. The molecule has 0 spiro atoms. The Balaban J connectivity index is 1.35. The van der Waals surface area contributed by atoms with E-state index in [1.165, 1.54) is 23.9 Å². The third-order valence-electron chi connectivity index (χ3n) is 4.95. The number of nitrogens with zero attached hydrogens (tertiary/aromatic N) is 2. The summed E-state index contributed by atoms with van der Waals surface area (Å²) in [7, 11) is 0. The van der Waals surface area contributed by atoms with Gasteiger partial charge in [-0.05, 0) is 31.2 Å². The van der Waals surface area contributed by atoms with Crippen molar-refractivity contribution in [1.29, 1.82) is 0 Å². The fraction of sp³-hybridized carbons (Fsp3) is 0.167. The van der Waals surface area contributed by atoms with E-state index in [0.29, 0.717) is 28.2 Å². The number of benzene rings is 3. The van der Waals surface area contributed by atoms with Crippen LogP contribution in [0.15, 0.2) is 76.4 Å². The van der Waals surface area contributed by atoms with Crippen LogP contribution in [0, 0.1) is 12.7 Å². The van der Waals surface area contributed by atoms with Gasteiger partial charge in [0.15, 0.2) is 0 Å². The van der Waals surface area contributed by atoms with Crippen molar-refractivity contribution < 1.29 is 18.3 Å². The van der Waals surface area contributed by atoms with E-state index in [0.717, 1.165) is 22.3 Å². The minimum absolute atomic E-state index is 0.280. The minimum Gasteiger partial charge on any atom is -0.460 e. The van der Waals surface area contributed by atoms with Gasteiger partial charge in [-0.15, -0.1) is 10.2 Å². The molecule has 1 atom stereocenters. The first-order valence-corrected chi connectivity index (χ1v) is 10.8. The molecule has 3 aromatic carbocycles. The number of halogens is 1. The molecule has 0 amide bonds. The van der Waals surface area contributed by atoms with Gasteiger partial charge in [-0.2, -0.15) is 0 Å². The van der Waals surface area contributed by atoms with E-state index in [2.05, 4.69) is 10.2 Å². The quantitative estimate of drug-likeness (QED) is 0.355. The maximum atomic E-state index is 14.2. The molecule has 31 heavy (non-hydrogen) atoms. The van der Waals surface area contributed by atoms with Gasteiger partial charge in [0.2, 0.25) is 12.2 Å². The highest BCUT2D eigenvalue weighted by atomic mass is 32.2. The van der Waals surface area contributed by atoms with Crippen molar-refractivity contribution in [1.82, 2.24) is 10.2 Å². The Morgan fingerprint density at radius 3 is 2.65 bits per heavy atom. The molecule has 0 N–H and O–H groups in total. The van der Waals surface area contributed by atoms with Crippen LogP contribution in [-0.4, -0.2) is 10.2 Å². The molecule has 1 unspecified atom stereocenters. The van der Waals surface area contributed by atoms with Gasteiger partial charge in [-0.1, -0.05) is 59.8 Å². The van der Waals surface area contributed by atoms with Crippen LogP contribution < -0.4 is 4.74 Å². The topological polar surface area (TPSA) is 57.4 Å². The second-order valence-corrected chi connectivity index (χ2v) is 8.18. The summed E-state index contributed by atoms with van der Waals surface area (Å²) in [5.41, 5.74) is 4.34. The zero-order chi connectivity index (χ0) is 21.2. The molecule has 1 aromatic heterocycles. The number of ether oxygens (including phenoxy) is 2. The second-order valence-electron chi connectivity index (χ2n) is 7.25. The fourth-order valence-electron chi connectivity index (χ4n) is 3.38. The van der Waals surface area contributed by atoms with Crippen molar-refractivity contribution in [3.05, 3.63) is 94.8 Å². The van der Waals surface area contributed by atoms with Gasteiger partial charge in [0.05, 0.1) is 6.61 Å². The Morgan fingerprint density at radius 1 is 1.03 bits per heavy atom. The first-order valence-electron chi connectivity index (χ1n) is 9.83. The number of aryl methyl sites for hydroxylation is 1. The Kier molecular flexibility index (Phi) is 5.44. The summed E-state index contributed by atoms with van der Waals surface area (Å²) in [6.45, 7) is 2.30. The average Bonchev–Trinajstić information content (AvgIpc) is 3.27. The number of fused-ring (bicyclic) bond motifs is 1. The molecule has 2 heterocycles. The molecule has 5 nitrogen and oxygen atoms in total. The van der Waals surface area contributed by atoms with E-state index >= 15 is 0 Å². The molecule has 0 radical (unpaired) electrons. The van der Waals surface area contributed by atoms with Crippen molar-refractivity contribution >= 4 is 11.8 Å². The number of aromatic nitrogens is 2. The summed E-state index contributed by atoms with van der Waals surface area (Å²) in [6, 6.07) is 20.5. The molecule has 0 aliphatic carbocycles. The monoisotopic (exact) mass is 434 g/mol. The van der Waals surface area contributed by atoms with Gasteiger partial charge in [-0.3, -0.25) is 0 Å². The van der Waals surface area contributed by atoms with E-state index in [9.17, 15) is 4.39 Å². The zero-order valence-electron chi connectivity index (χ0n) is 16.7. The molecule has 0 bridgehead atoms. The Hall–Kier alpha value is -3.16. The fourth-order valence-corrected chi connectivity index (χ4v) is 4.11. The van der Waals surface area contributed by atoms with Gasteiger partial charge < -0.3 is 13.9 Å². The lowest BCUT2D eigenvalue weighted by atomic mass is 10.1. The Morgan fingerprint density at radius 2 is 1.84 bits per heavy atom. The standard InChI is InChI=1S/C24H19FN2O3S/c1-15-7-9-16(10-8-15)22-26-27-24(30-22)31-14-19-12-20(25)11-18-13-28-23(29-21(18)19)17-5-3-2-4-6-17/h2-12,23H,13-14H2,1H3. The Labute approximate surface area is 183 Å². The van der Waals surface area contributed by atoms with E-state index in [-0.39, 0.29) is 12.4 Å². The zero-order valence-corrected chi connectivity index (χ0v) is 17.6. The number of hydrogen-bond donors (Lipinski definition) is 0. The van der Waals surface area contributed by atoms with Crippen LogP contribution in [0.3, 0.4) is 0 Å². The van der Waals surface area contributed by atoms with Crippen LogP contribution in [0.5, 0.6) is 5.75 Å². The molecular weight excluding hydrogens is 415 g/mol. The first kappa shape index (κ1) is 19.8. The molecule has 1 aliphatic heterocycles. The second kappa shape index (κ2) is 8.53. The largest absolute Gasteiger partial charge is 0.460 e. The van der Waals surface area contributed by atoms with E-state index < -0.39 is 6.29 Å². The summed E-state index contributed by atoms with van der Waals surface area (Å²) in [6.07, 6.45) is -0.528. The third-order valence-corrected chi connectivity index (χ3v) is 5.82. The number of thioether (sulfide) groups is 1. The van der Waals surface area contributed by atoms with E-state index in [4.69, 9.17) is 13.9 Å². The normalized spacial score (nSPS) is 15.4. The molecule has 5 rings (SSSR count). The lowest BCUT2D eigenvalue weighted by Crippen LogP contribution is -2.19. The highest BCUT2D eigenvalue weighted by Crippen LogP contribution is 2.39. The summed E-state index contributed by atoms with van der Waals surface area (Å²) < 4.78 is 31.9. The highest BCUT2D eigenvalue weighted by molar-refractivity contribution is 7.98. The molecule has 0 fully saturated rings. The highest BCUT2D eigenvalue weighted by Gasteiger charge is 2.25. The van der Waals surface area contributed by atoms with Crippen LogP contribution in [0.1, 0.15) is 28.5 Å². The molecule has 156 valence electrons. The van der Waals surface area contributed by atoms with E-state index in [1.807, 2.05) is 61.5 Å². The molecule has 0 saturated heterocycles. The van der Waals surface area contributed by atoms with Gasteiger partial charge in [0, 0.05) is 28.0 Å². The Bertz CT molecular complexity index is 1200. The summed E-state index contributed by atoms with van der Waals surface area (Å²) in [5.74, 6) is 1.20. The van der Waals surface area contributed by atoms with Gasteiger partial charge >= 0.3 is 0 Å². The predicted molar refractivity (Wildman–Crippen MR) is 115 cm³/mol. The van der Waals surface area contributed by atoms with Gasteiger partial charge in [-0.25, -0.2) is 4.39 Å². The smallest absolute Gasteiger partial charge is 0.277 e. The SMILES string of the molecule is Cc1ccc(-c2nnc(SCc3cc(F)cc4c3OC(c3ccccc3)OC4)o2)cc1. The van der Waals surface area contributed by atoms with Crippen LogP contribution in [0.25, 0.3) is 11.5 Å². The summed E-state index contributed by atoms with van der Waals surface area (Å²) >= 11 is 1.34. The van der Waals surface area contributed by atoms with Crippen LogP contribution in [-0.2, 0) is 17.1 Å². The third kappa shape index (κ3) is 4.33. The van der Waals surface area contributed by atoms with Crippen molar-refractivity contribution in [3.63, 3.8) is 0 Å². The van der Waals surface area contributed by atoms with Crippen molar-refractivity contribution in [2.75, 3.05) is 0 Å². The van der Waals surface area contributed by atoms with Crippen LogP contribution in [0.2, 0.25) is 0 Å². The summed E-state index contributed by atoms with van der Waals surface area (Å²) in [4.78, 5) is 0. The van der Waals surface area contributed by atoms with Crippen molar-refractivity contribution in [3.8, 4) is 17.2 Å². The van der Waals surface area contributed by atoms with E-state index in [1.54, 1.807) is 0 Å². The van der Waals surface area contributed by atoms with Crippen LogP contribution >= 0.6 is 11.8 Å². The lowest BCUT2D eigenvalue weighted by molar-refractivity contribution is -0.112. The van der Waals surface area contributed by atoms with Gasteiger partial charge in [0.1, 0.15) is 11.6 Å². The first-order chi connectivity index (χ1) is 15.2. The molecule has 7 heteroatoms. The summed E-state index contributed by atoms with van der Waals surface area (Å²) in [5, 5.41) is 8.65. The molecular formula is C24H19FN2O3S. The average molecular weight is 434 g/mol. The lowest BCUT2D eigenvalue weighted by Gasteiger charge is -2.28. The van der Waals surface area contributed by atoms with Gasteiger partial charge in [0.25, 0.3) is 5.22 Å². The van der Waals surface area contributed by atoms with Crippen molar-refractivity contribution in [2.45, 2.75) is 30.8 Å². The van der Waals surface area contributed by atoms with Crippen molar-refractivity contribution in [2.24, 2.45) is 0 Å². The van der Waals surface area contributed by atoms with Crippen LogP contribution in [0.4, 0.5) is 4.39 Å². The number of rotatable bonds is 5. The molecule has 1 aliphatic rings. The predicted octanol–water partition coefficient (Wildman–Crippen LogP) is 6.08. The molecule has 4 aromatic rings. The minimum atomic E-state index is -0.528. The number of hydrogen-bond acceptors (Lipinski definition) is 6.